The van der Waals surface area contributed by atoms with Crippen LogP contribution in [0.1, 0.15) is 31.2 Å². The Labute approximate surface area is 165 Å². The van der Waals surface area contributed by atoms with E-state index in [0.29, 0.717) is 29.2 Å². The first-order valence-corrected chi connectivity index (χ1v) is 10.1. The average Bonchev–Trinajstić information content (AvgIpc) is 2.70. The van der Waals surface area contributed by atoms with Gasteiger partial charge in [-0.15, -0.1) is 0 Å². The smallest absolute Gasteiger partial charge is 0.313 e. The SMILES string of the molecule is Cc1c(Cl)cccc1NC(=O)C(=O)NCC1CCN(C2CCOCC2)CC1. The van der Waals surface area contributed by atoms with Crippen LogP contribution in [0.3, 0.4) is 0 Å². The Kier molecular flexibility index (Phi) is 7.10. The van der Waals surface area contributed by atoms with Crippen LogP contribution in [0.25, 0.3) is 0 Å². The molecule has 1 aromatic rings. The molecule has 7 heteroatoms. The number of hydrogen-bond acceptors (Lipinski definition) is 4. The highest BCUT2D eigenvalue weighted by Crippen LogP contribution is 2.24. The van der Waals surface area contributed by atoms with Crippen molar-refractivity contribution in [1.29, 1.82) is 0 Å². The highest BCUT2D eigenvalue weighted by molar-refractivity contribution is 6.40. The minimum absolute atomic E-state index is 0.422. The van der Waals surface area contributed by atoms with Crippen LogP contribution in [-0.4, -0.2) is 55.6 Å². The van der Waals surface area contributed by atoms with Gasteiger partial charge in [0.1, 0.15) is 0 Å². The normalized spacial score (nSPS) is 19.6. The number of benzene rings is 1. The number of anilines is 1. The summed E-state index contributed by atoms with van der Waals surface area (Å²) in [7, 11) is 0. The summed E-state index contributed by atoms with van der Waals surface area (Å²) in [4.78, 5) is 26.8. The van der Waals surface area contributed by atoms with Gasteiger partial charge in [0.15, 0.2) is 0 Å². The Balaban J connectivity index is 1.40. The molecule has 6 nitrogen and oxygen atoms in total. The van der Waals surface area contributed by atoms with Crippen molar-refractivity contribution in [2.24, 2.45) is 5.92 Å². The topological polar surface area (TPSA) is 70.7 Å². The summed E-state index contributed by atoms with van der Waals surface area (Å²) >= 11 is 6.04. The maximum absolute atomic E-state index is 12.1. The standard InChI is InChI=1S/C20H28ClN3O3/c1-14-17(21)3-2-4-18(14)23-20(26)19(25)22-13-15-5-9-24(10-6-15)16-7-11-27-12-8-16/h2-4,15-16H,5-13H2,1H3,(H,22,25)(H,23,26). The van der Waals surface area contributed by atoms with Gasteiger partial charge >= 0.3 is 11.8 Å². The number of hydrogen-bond donors (Lipinski definition) is 2. The monoisotopic (exact) mass is 393 g/mol. The number of amides is 2. The van der Waals surface area contributed by atoms with Gasteiger partial charge in [-0.3, -0.25) is 9.59 Å². The predicted molar refractivity (Wildman–Crippen MR) is 106 cm³/mol. The van der Waals surface area contributed by atoms with Gasteiger partial charge in [0, 0.05) is 36.5 Å². The summed E-state index contributed by atoms with van der Waals surface area (Å²) in [6.07, 6.45) is 4.33. The van der Waals surface area contributed by atoms with Gasteiger partial charge in [-0.05, 0) is 69.3 Å². The molecular formula is C20H28ClN3O3. The molecule has 2 aliphatic heterocycles. The summed E-state index contributed by atoms with van der Waals surface area (Å²) in [5, 5.41) is 5.97. The summed E-state index contributed by atoms with van der Waals surface area (Å²) in [5.41, 5.74) is 1.31. The molecular weight excluding hydrogens is 366 g/mol. The van der Waals surface area contributed by atoms with Gasteiger partial charge < -0.3 is 20.3 Å². The second-order valence-electron chi connectivity index (χ2n) is 7.40. The quantitative estimate of drug-likeness (QED) is 0.771. The minimum atomic E-state index is -0.653. The van der Waals surface area contributed by atoms with Crippen LogP contribution >= 0.6 is 11.6 Å². The molecule has 2 amide bonds. The van der Waals surface area contributed by atoms with E-state index < -0.39 is 11.8 Å². The molecule has 2 fully saturated rings. The third-order valence-electron chi connectivity index (χ3n) is 5.63. The van der Waals surface area contributed by atoms with E-state index in [2.05, 4.69) is 15.5 Å². The van der Waals surface area contributed by atoms with Gasteiger partial charge in [-0.2, -0.15) is 0 Å². The lowest BCUT2D eigenvalue weighted by Gasteiger charge is -2.39. The lowest BCUT2D eigenvalue weighted by molar-refractivity contribution is -0.136. The highest BCUT2D eigenvalue weighted by atomic mass is 35.5. The number of nitrogens with one attached hydrogen (secondary N) is 2. The van der Waals surface area contributed by atoms with Crippen molar-refractivity contribution in [3.8, 4) is 0 Å². The number of halogens is 1. The number of nitrogens with zero attached hydrogens (tertiary/aromatic N) is 1. The van der Waals surface area contributed by atoms with Gasteiger partial charge in [-0.25, -0.2) is 0 Å². The first kappa shape index (κ1) is 20.1. The van der Waals surface area contributed by atoms with Crippen molar-refractivity contribution in [3.05, 3.63) is 28.8 Å². The van der Waals surface area contributed by atoms with Crippen LogP contribution in [0.2, 0.25) is 5.02 Å². The van der Waals surface area contributed by atoms with E-state index in [1.807, 2.05) is 6.92 Å². The molecule has 2 saturated heterocycles. The molecule has 148 valence electrons. The lowest BCUT2D eigenvalue weighted by atomic mass is 9.94. The molecule has 0 unspecified atom stereocenters. The zero-order chi connectivity index (χ0) is 19.2. The Morgan fingerprint density at radius 1 is 1.15 bits per heavy atom. The molecule has 2 aliphatic rings. The van der Waals surface area contributed by atoms with E-state index in [0.717, 1.165) is 57.6 Å². The second-order valence-corrected chi connectivity index (χ2v) is 7.81. The molecule has 0 atom stereocenters. The summed E-state index contributed by atoms with van der Waals surface area (Å²) in [5.74, 6) is -0.827. The summed E-state index contributed by atoms with van der Waals surface area (Å²) in [6, 6.07) is 5.87. The van der Waals surface area contributed by atoms with Gasteiger partial charge in [0.25, 0.3) is 0 Å². The number of carbonyl (C=O) groups excluding carboxylic acids is 2. The van der Waals surface area contributed by atoms with Crippen LogP contribution in [-0.2, 0) is 14.3 Å². The van der Waals surface area contributed by atoms with Crippen LogP contribution in [0.5, 0.6) is 0 Å². The molecule has 0 aromatic heterocycles. The Hall–Kier alpha value is -1.63. The molecule has 0 bridgehead atoms. The fourth-order valence-electron chi connectivity index (χ4n) is 3.81. The van der Waals surface area contributed by atoms with E-state index >= 15 is 0 Å². The van der Waals surface area contributed by atoms with Crippen LogP contribution < -0.4 is 10.6 Å². The van der Waals surface area contributed by atoms with Crippen molar-refractivity contribution in [1.82, 2.24) is 10.2 Å². The van der Waals surface area contributed by atoms with Crippen molar-refractivity contribution >= 4 is 29.1 Å². The van der Waals surface area contributed by atoms with Crippen molar-refractivity contribution in [2.75, 3.05) is 38.2 Å². The molecule has 0 saturated carbocycles. The maximum atomic E-state index is 12.1. The summed E-state index contributed by atoms with van der Waals surface area (Å²) in [6.45, 7) is 6.19. The molecule has 27 heavy (non-hydrogen) atoms. The van der Waals surface area contributed by atoms with Crippen molar-refractivity contribution in [2.45, 2.75) is 38.6 Å². The van der Waals surface area contributed by atoms with Gasteiger partial charge in [0.2, 0.25) is 0 Å². The van der Waals surface area contributed by atoms with Gasteiger partial charge in [0.05, 0.1) is 0 Å². The first-order chi connectivity index (χ1) is 13.0. The average molecular weight is 394 g/mol. The van der Waals surface area contributed by atoms with Crippen LogP contribution in [0.15, 0.2) is 18.2 Å². The number of ether oxygens (including phenoxy) is 1. The third-order valence-corrected chi connectivity index (χ3v) is 6.04. The number of carbonyl (C=O) groups is 2. The fraction of sp³-hybridized carbons (Fsp3) is 0.600. The van der Waals surface area contributed by atoms with E-state index in [4.69, 9.17) is 16.3 Å². The highest BCUT2D eigenvalue weighted by Gasteiger charge is 2.27. The third kappa shape index (κ3) is 5.43. The second kappa shape index (κ2) is 9.53. The van der Waals surface area contributed by atoms with Crippen molar-refractivity contribution in [3.63, 3.8) is 0 Å². The molecule has 3 rings (SSSR count). The summed E-state index contributed by atoms with van der Waals surface area (Å²) < 4.78 is 5.44. The predicted octanol–water partition coefficient (Wildman–Crippen LogP) is 2.59. The zero-order valence-electron chi connectivity index (χ0n) is 15.8. The zero-order valence-corrected chi connectivity index (χ0v) is 16.6. The van der Waals surface area contributed by atoms with Crippen LogP contribution in [0.4, 0.5) is 5.69 Å². The number of likely N-dealkylation sites (tertiary alicyclic amines) is 1. The van der Waals surface area contributed by atoms with E-state index in [-0.39, 0.29) is 0 Å². The number of piperidine rings is 1. The largest absolute Gasteiger partial charge is 0.381 e. The van der Waals surface area contributed by atoms with E-state index in [1.165, 1.54) is 0 Å². The molecule has 0 radical (unpaired) electrons. The molecule has 2 heterocycles. The molecule has 0 aliphatic carbocycles. The first-order valence-electron chi connectivity index (χ1n) is 9.70. The molecule has 0 spiro atoms. The minimum Gasteiger partial charge on any atom is -0.381 e. The van der Waals surface area contributed by atoms with E-state index in [1.54, 1.807) is 18.2 Å². The van der Waals surface area contributed by atoms with Crippen LogP contribution in [0, 0.1) is 12.8 Å². The van der Waals surface area contributed by atoms with E-state index in [9.17, 15) is 9.59 Å². The Morgan fingerprint density at radius 2 is 1.85 bits per heavy atom. The Bertz CT molecular complexity index is 668. The Morgan fingerprint density at radius 3 is 2.56 bits per heavy atom. The lowest BCUT2D eigenvalue weighted by Crippen LogP contribution is -2.46. The fourth-order valence-corrected chi connectivity index (χ4v) is 3.99. The van der Waals surface area contributed by atoms with Gasteiger partial charge in [-0.1, -0.05) is 17.7 Å². The molecule has 1 aromatic carbocycles. The maximum Gasteiger partial charge on any atom is 0.313 e. The molecule has 2 N–H and O–H groups in total. The van der Waals surface area contributed by atoms with Crippen molar-refractivity contribution < 1.29 is 14.3 Å². The number of rotatable bonds is 4.